The number of nitrogens with one attached hydrogen (secondary N) is 1. The molecule has 0 spiro atoms. The van der Waals surface area contributed by atoms with Crippen LogP contribution in [0.25, 0.3) is 0 Å². The fourth-order valence-corrected chi connectivity index (χ4v) is 1.97. The highest BCUT2D eigenvalue weighted by atomic mass is 35.5. The molecule has 0 aliphatic carbocycles. The predicted molar refractivity (Wildman–Crippen MR) is 78.8 cm³/mol. The summed E-state index contributed by atoms with van der Waals surface area (Å²) in [6.45, 7) is 1.45. The molecule has 128 valence electrons. The highest BCUT2D eigenvalue weighted by Gasteiger charge is 2.35. The number of hydrogen-bond donors (Lipinski definition) is 1. The largest absolute Gasteiger partial charge is 0.436 e. The third-order valence-corrected chi connectivity index (χ3v) is 3.44. The summed E-state index contributed by atoms with van der Waals surface area (Å²) in [6.07, 6.45) is -4.79. The van der Waals surface area contributed by atoms with Crippen LogP contribution in [0.4, 0.5) is 23.7 Å². The van der Waals surface area contributed by atoms with E-state index >= 15 is 0 Å². The van der Waals surface area contributed by atoms with Crippen LogP contribution in [0, 0.1) is 11.8 Å². The van der Waals surface area contributed by atoms with Crippen LogP contribution < -0.4 is 10.1 Å². The van der Waals surface area contributed by atoms with Crippen molar-refractivity contribution < 1.29 is 22.7 Å². The van der Waals surface area contributed by atoms with Gasteiger partial charge < -0.3 is 10.1 Å². The van der Waals surface area contributed by atoms with E-state index in [1.807, 2.05) is 0 Å². The second kappa shape index (κ2) is 6.48. The molecule has 0 bridgehead atoms. The van der Waals surface area contributed by atoms with Crippen molar-refractivity contribution in [2.45, 2.75) is 13.1 Å². The van der Waals surface area contributed by atoms with Gasteiger partial charge in [-0.25, -0.2) is 4.79 Å². The van der Waals surface area contributed by atoms with Gasteiger partial charge in [0.15, 0.2) is 0 Å². The van der Waals surface area contributed by atoms with Crippen LogP contribution in [0.2, 0.25) is 5.02 Å². The van der Waals surface area contributed by atoms with E-state index in [4.69, 9.17) is 16.3 Å². The van der Waals surface area contributed by atoms with Crippen molar-refractivity contribution in [3.63, 3.8) is 0 Å². The van der Waals surface area contributed by atoms with E-state index < -0.39 is 29.2 Å². The number of hydrogen-bond acceptors (Lipinski definition) is 5. The third-order valence-electron chi connectivity index (χ3n) is 3.00. The van der Waals surface area contributed by atoms with Crippen molar-refractivity contribution in [3.05, 3.63) is 39.4 Å². The Kier molecular flexibility index (Phi) is 4.78. The Balaban J connectivity index is 2.49. The van der Waals surface area contributed by atoms with Gasteiger partial charge in [-0.2, -0.15) is 17.9 Å². The first kappa shape index (κ1) is 17.7. The lowest BCUT2D eigenvalue weighted by Crippen LogP contribution is -2.26. The number of alkyl halides is 3. The molecular weight excluding hydrogens is 353 g/mol. The second-order valence-corrected chi connectivity index (χ2v) is 4.92. The van der Waals surface area contributed by atoms with Gasteiger partial charge in [0.25, 0.3) is 5.88 Å². The molecule has 0 saturated carbocycles. The fourth-order valence-electron chi connectivity index (χ4n) is 1.82. The maximum Gasteiger partial charge on any atom is 0.420 e. The summed E-state index contributed by atoms with van der Waals surface area (Å²) >= 11 is 5.95. The summed E-state index contributed by atoms with van der Waals surface area (Å²) in [5.74, 6) is -1.01. The number of benzene rings is 1. The van der Waals surface area contributed by atoms with Crippen LogP contribution in [0.5, 0.6) is 11.6 Å². The van der Waals surface area contributed by atoms with Gasteiger partial charge in [0.05, 0.1) is 5.69 Å². The van der Waals surface area contributed by atoms with Gasteiger partial charge in [0.1, 0.15) is 22.0 Å². The van der Waals surface area contributed by atoms with Crippen molar-refractivity contribution in [2.24, 2.45) is 5.18 Å². The van der Waals surface area contributed by atoms with Crippen LogP contribution in [0.1, 0.15) is 11.3 Å². The minimum absolute atomic E-state index is 0.121. The molecule has 0 fully saturated rings. The number of aromatic nitrogens is 2. The van der Waals surface area contributed by atoms with E-state index in [1.165, 1.54) is 14.0 Å². The Bertz CT molecular complexity index is 804. The van der Waals surface area contributed by atoms with Gasteiger partial charge in [-0.05, 0) is 30.3 Å². The van der Waals surface area contributed by atoms with Crippen molar-refractivity contribution in [3.8, 4) is 11.6 Å². The molecule has 1 heterocycles. The molecule has 2 aromatic rings. The van der Waals surface area contributed by atoms with E-state index in [9.17, 15) is 22.9 Å². The minimum Gasteiger partial charge on any atom is -0.436 e. The molecule has 1 aromatic heterocycles. The highest BCUT2D eigenvalue weighted by molar-refractivity contribution is 6.32. The minimum atomic E-state index is -4.79. The van der Waals surface area contributed by atoms with E-state index in [0.29, 0.717) is 6.07 Å². The van der Waals surface area contributed by atoms with E-state index in [-0.39, 0.29) is 16.6 Å². The summed E-state index contributed by atoms with van der Waals surface area (Å²) in [6, 6.07) is 1.87. The van der Waals surface area contributed by atoms with E-state index in [1.54, 1.807) is 0 Å². The quantitative estimate of drug-likeness (QED) is 0.827. The van der Waals surface area contributed by atoms with Gasteiger partial charge in [-0.3, -0.25) is 0 Å². The first-order valence-corrected chi connectivity index (χ1v) is 6.76. The average Bonchev–Trinajstić information content (AvgIpc) is 2.82. The summed E-state index contributed by atoms with van der Waals surface area (Å²) in [7, 11) is 1.35. The summed E-state index contributed by atoms with van der Waals surface area (Å²) < 4.78 is 45.2. The van der Waals surface area contributed by atoms with Crippen LogP contribution in [-0.2, 0) is 6.18 Å². The topological polar surface area (TPSA) is 85.6 Å². The molecule has 1 amide bonds. The summed E-state index contributed by atoms with van der Waals surface area (Å²) in [5, 5.41) is 8.37. The lowest BCUT2D eigenvalue weighted by atomic mass is 10.1. The highest BCUT2D eigenvalue weighted by Crippen LogP contribution is 2.41. The molecule has 0 aliphatic rings. The Hall–Kier alpha value is -2.62. The van der Waals surface area contributed by atoms with Gasteiger partial charge in [0, 0.05) is 7.05 Å². The molecule has 1 N–H and O–H groups in total. The van der Waals surface area contributed by atoms with Crippen molar-refractivity contribution in [1.82, 2.24) is 15.1 Å². The second-order valence-electron chi connectivity index (χ2n) is 4.54. The monoisotopic (exact) mass is 362 g/mol. The molecule has 2 rings (SSSR count). The van der Waals surface area contributed by atoms with Crippen molar-refractivity contribution in [2.75, 3.05) is 7.05 Å². The van der Waals surface area contributed by atoms with E-state index in [0.717, 1.165) is 16.8 Å². The molecule has 0 saturated heterocycles. The number of nitroso groups, excluding NO2 is 1. The molecule has 0 atom stereocenters. The maximum absolute atomic E-state index is 13.1. The average molecular weight is 363 g/mol. The zero-order chi connectivity index (χ0) is 18.1. The Morgan fingerprint density at radius 1 is 1.42 bits per heavy atom. The van der Waals surface area contributed by atoms with Crippen LogP contribution >= 0.6 is 11.6 Å². The number of rotatable bonds is 3. The SMILES string of the molecule is CNC(=O)n1nc(Oc2ccc(N=O)cc2C(F)(F)F)c(Cl)c1C. The Labute approximate surface area is 138 Å². The number of carbonyl (C=O) groups is 1. The number of halogens is 4. The number of nitrogens with zero attached hydrogens (tertiary/aromatic N) is 3. The molecule has 0 radical (unpaired) electrons. The first-order valence-electron chi connectivity index (χ1n) is 6.38. The summed E-state index contributed by atoms with van der Waals surface area (Å²) in [4.78, 5) is 22.0. The molecule has 7 nitrogen and oxygen atoms in total. The zero-order valence-electron chi connectivity index (χ0n) is 12.3. The molecule has 1 aromatic carbocycles. The van der Waals surface area contributed by atoms with Gasteiger partial charge >= 0.3 is 12.2 Å². The first-order chi connectivity index (χ1) is 11.2. The predicted octanol–water partition coefficient (Wildman–Crippen LogP) is 4.24. The lowest BCUT2D eigenvalue weighted by Gasteiger charge is -2.12. The van der Waals surface area contributed by atoms with Crippen molar-refractivity contribution >= 4 is 23.3 Å². The maximum atomic E-state index is 13.1. The molecule has 0 aliphatic heterocycles. The van der Waals surface area contributed by atoms with Gasteiger partial charge in [0.2, 0.25) is 0 Å². The number of ether oxygens (including phenoxy) is 1. The number of amides is 1. The number of carbonyl (C=O) groups excluding carboxylic acids is 1. The van der Waals surface area contributed by atoms with Crippen LogP contribution in [-0.4, -0.2) is 22.9 Å². The third kappa shape index (κ3) is 3.32. The normalized spacial score (nSPS) is 11.2. The Morgan fingerprint density at radius 3 is 2.62 bits per heavy atom. The fraction of sp³-hybridized carbons (Fsp3) is 0.231. The smallest absolute Gasteiger partial charge is 0.420 e. The van der Waals surface area contributed by atoms with Crippen LogP contribution in [0.3, 0.4) is 0 Å². The molecular formula is C13H10ClF3N4O3. The van der Waals surface area contributed by atoms with Gasteiger partial charge in [-0.1, -0.05) is 11.6 Å². The standard InChI is InChI=1S/C13H10ClF3N4O3/c1-6-10(14)11(19-21(6)12(22)18-2)24-9-4-3-7(20-23)5-8(9)13(15,16)17/h3-5H,1-2H3,(H,18,22). The molecule has 11 heteroatoms. The zero-order valence-corrected chi connectivity index (χ0v) is 13.1. The lowest BCUT2D eigenvalue weighted by molar-refractivity contribution is -0.138. The van der Waals surface area contributed by atoms with Gasteiger partial charge in [-0.15, -0.1) is 10.0 Å². The molecule has 24 heavy (non-hydrogen) atoms. The van der Waals surface area contributed by atoms with Crippen molar-refractivity contribution in [1.29, 1.82) is 0 Å². The van der Waals surface area contributed by atoms with E-state index in [2.05, 4.69) is 15.6 Å². The Morgan fingerprint density at radius 2 is 2.08 bits per heavy atom. The summed E-state index contributed by atoms with van der Waals surface area (Å²) in [5.41, 5.74) is -1.44. The molecule has 0 unspecified atom stereocenters. The van der Waals surface area contributed by atoms with Crippen LogP contribution in [0.15, 0.2) is 23.4 Å².